The normalized spacial score (nSPS) is 12.7. The number of aromatic nitrogens is 2. The van der Waals surface area contributed by atoms with E-state index in [9.17, 15) is 0 Å². The van der Waals surface area contributed by atoms with Crippen molar-refractivity contribution in [2.24, 2.45) is 0 Å². The Hall–Kier alpha value is -1.40. The van der Waals surface area contributed by atoms with Gasteiger partial charge in [0.2, 0.25) is 5.88 Å². The molecule has 18 heavy (non-hydrogen) atoms. The van der Waals surface area contributed by atoms with Crippen molar-refractivity contribution in [3.05, 3.63) is 28.0 Å². The highest BCUT2D eigenvalue weighted by molar-refractivity contribution is 7.03. The lowest BCUT2D eigenvalue weighted by molar-refractivity contribution is 0.388. The summed E-state index contributed by atoms with van der Waals surface area (Å²) in [7, 11) is 1.64. The molecule has 0 bridgehead atoms. The summed E-state index contributed by atoms with van der Waals surface area (Å²) in [5.74, 6) is 1.56. The van der Waals surface area contributed by atoms with Crippen molar-refractivity contribution in [2.75, 3.05) is 7.11 Å². The van der Waals surface area contributed by atoms with Gasteiger partial charge in [-0.25, -0.2) is 0 Å². The lowest BCUT2D eigenvalue weighted by Crippen LogP contribution is -2.18. The third kappa shape index (κ3) is 2.54. The fourth-order valence-corrected chi connectivity index (χ4v) is 2.54. The minimum atomic E-state index is 0.174. The van der Waals surface area contributed by atoms with Crippen molar-refractivity contribution < 1.29 is 9.26 Å². The minimum absolute atomic E-state index is 0.174. The van der Waals surface area contributed by atoms with Crippen LogP contribution in [0.4, 0.5) is 0 Å². The maximum Gasteiger partial charge on any atom is 0.229 e. The van der Waals surface area contributed by atoms with Crippen molar-refractivity contribution in [2.45, 2.75) is 33.4 Å². The van der Waals surface area contributed by atoms with Gasteiger partial charge in [0.15, 0.2) is 0 Å². The van der Waals surface area contributed by atoms with Gasteiger partial charge in [-0.1, -0.05) is 5.16 Å². The van der Waals surface area contributed by atoms with Crippen molar-refractivity contribution in [1.82, 2.24) is 14.8 Å². The number of rotatable bonds is 5. The van der Waals surface area contributed by atoms with E-state index in [0.717, 1.165) is 29.1 Å². The summed E-state index contributed by atoms with van der Waals surface area (Å²) in [5, 5.41) is 9.37. The van der Waals surface area contributed by atoms with Gasteiger partial charge in [-0.3, -0.25) is 0 Å². The van der Waals surface area contributed by atoms with Gasteiger partial charge >= 0.3 is 0 Å². The molecule has 0 fully saturated rings. The summed E-state index contributed by atoms with van der Waals surface area (Å²) in [6, 6.07) is 0.174. The van der Waals surface area contributed by atoms with E-state index in [2.05, 4.69) is 21.8 Å². The first-order valence-corrected chi connectivity index (χ1v) is 6.60. The zero-order valence-corrected chi connectivity index (χ0v) is 11.8. The van der Waals surface area contributed by atoms with E-state index < -0.39 is 0 Å². The fraction of sp³-hybridized carbons (Fsp3) is 0.500. The monoisotopic (exact) mass is 267 g/mol. The van der Waals surface area contributed by atoms with Gasteiger partial charge in [-0.2, -0.15) is 4.37 Å². The van der Waals surface area contributed by atoms with Gasteiger partial charge in [-0.05, 0) is 32.3 Å². The molecule has 2 aromatic rings. The molecule has 0 aliphatic rings. The average molecular weight is 267 g/mol. The van der Waals surface area contributed by atoms with Gasteiger partial charge in [0.05, 0.1) is 12.8 Å². The fourth-order valence-electron chi connectivity index (χ4n) is 1.80. The number of hydrogen-bond acceptors (Lipinski definition) is 6. The molecule has 2 aromatic heterocycles. The Morgan fingerprint density at radius 1 is 1.50 bits per heavy atom. The second-order valence-electron chi connectivity index (χ2n) is 4.18. The number of nitrogens with zero attached hydrogens (tertiary/aromatic N) is 2. The van der Waals surface area contributed by atoms with Crippen LogP contribution in [0.5, 0.6) is 5.88 Å². The third-order valence-corrected chi connectivity index (χ3v) is 3.62. The predicted octanol–water partition coefficient (Wildman–Crippen LogP) is 2.61. The maximum absolute atomic E-state index is 5.22. The summed E-state index contributed by atoms with van der Waals surface area (Å²) < 4.78 is 14.5. The molecule has 1 N–H and O–H groups in total. The summed E-state index contributed by atoms with van der Waals surface area (Å²) in [5.41, 5.74) is 3.13. The molecule has 0 saturated carbocycles. The number of methoxy groups -OCH3 is 1. The molecule has 0 saturated heterocycles. The Kier molecular flexibility index (Phi) is 3.98. The Labute approximate surface area is 110 Å². The molecule has 0 radical (unpaired) electrons. The maximum atomic E-state index is 5.22. The highest BCUT2D eigenvalue weighted by Gasteiger charge is 2.15. The van der Waals surface area contributed by atoms with E-state index in [4.69, 9.17) is 9.26 Å². The molecule has 0 aromatic carbocycles. The molecule has 1 unspecified atom stereocenters. The molecule has 5 nitrogen and oxygen atoms in total. The van der Waals surface area contributed by atoms with Crippen LogP contribution in [0.25, 0.3) is 0 Å². The molecule has 6 heteroatoms. The Bertz CT molecular complexity index is 502. The average Bonchev–Trinajstić information content (AvgIpc) is 2.94. The predicted molar refractivity (Wildman–Crippen MR) is 69.9 cm³/mol. The van der Waals surface area contributed by atoms with Crippen LogP contribution in [0, 0.1) is 13.8 Å². The van der Waals surface area contributed by atoms with Crippen molar-refractivity contribution >= 4 is 11.5 Å². The zero-order chi connectivity index (χ0) is 13.1. The Balaban J connectivity index is 2.03. The van der Waals surface area contributed by atoms with Crippen LogP contribution in [0.2, 0.25) is 0 Å². The first kappa shape index (κ1) is 13.0. The van der Waals surface area contributed by atoms with Crippen LogP contribution >= 0.6 is 11.5 Å². The van der Waals surface area contributed by atoms with E-state index in [0.29, 0.717) is 5.88 Å². The number of nitrogens with one attached hydrogen (secondary N) is 1. The topological polar surface area (TPSA) is 60.2 Å². The van der Waals surface area contributed by atoms with E-state index in [-0.39, 0.29) is 6.04 Å². The number of hydrogen-bond donors (Lipinski definition) is 1. The largest absolute Gasteiger partial charge is 0.480 e. The smallest absolute Gasteiger partial charge is 0.229 e. The SMILES string of the molecule is COc1nscc1C(C)NCc1c(C)noc1C. The first-order chi connectivity index (χ1) is 8.63. The van der Waals surface area contributed by atoms with Crippen molar-refractivity contribution in [3.8, 4) is 5.88 Å². The first-order valence-electron chi connectivity index (χ1n) is 5.77. The van der Waals surface area contributed by atoms with Gasteiger partial charge in [0, 0.05) is 29.1 Å². The minimum Gasteiger partial charge on any atom is -0.480 e. The van der Waals surface area contributed by atoms with Gasteiger partial charge in [-0.15, -0.1) is 0 Å². The molecule has 2 heterocycles. The molecular weight excluding hydrogens is 250 g/mol. The number of ether oxygens (including phenoxy) is 1. The molecule has 2 rings (SSSR count). The number of aryl methyl sites for hydroxylation is 2. The molecule has 0 aliphatic carbocycles. The van der Waals surface area contributed by atoms with Crippen LogP contribution < -0.4 is 10.1 Å². The molecule has 0 aliphatic heterocycles. The molecule has 0 amide bonds. The summed E-state index contributed by atoms with van der Waals surface area (Å²) in [6.45, 7) is 6.69. The lowest BCUT2D eigenvalue weighted by Gasteiger charge is -2.13. The highest BCUT2D eigenvalue weighted by atomic mass is 32.1. The van der Waals surface area contributed by atoms with Crippen LogP contribution in [0.1, 0.15) is 35.5 Å². The Morgan fingerprint density at radius 3 is 2.89 bits per heavy atom. The molecule has 1 atom stereocenters. The van der Waals surface area contributed by atoms with Crippen molar-refractivity contribution in [1.29, 1.82) is 0 Å². The van der Waals surface area contributed by atoms with Crippen LogP contribution in [0.15, 0.2) is 9.90 Å². The highest BCUT2D eigenvalue weighted by Crippen LogP contribution is 2.26. The van der Waals surface area contributed by atoms with E-state index in [1.165, 1.54) is 11.5 Å². The summed E-state index contributed by atoms with van der Waals surface area (Å²) >= 11 is 1.40. The standard InChI is InChI=1S/C12H17N3O2S/c1-7(11-6-18-15-12(11)16-4)13-5-10-8(2)14-17-9(10)3/h6-7,13H,5H2,1-4H3. The second kappa shape index (κ2) is 5.49. The van der Waals surface area contributed by atoms with E-state index in [1.54, 1.807) is 7.11 Å². The van der Waals surface area contributed by atoms with E-state index in [1.807, 2.05) is 19.2 Å². The third-order valence-electron chi connectivity index (χ3n) is 2.99. The summed E-state index contributed by atoms with van der Waals surface area (Å²) in [4.78, 5) is 0. The molecule has 0 spiro atoms. The van der Waals surface area contributed by atoms with E-state index >= 15 is 0 Å². The van der Waals surface area contributed by atoms with Gasteiger partial charge < -0.3 is 14.6 Å². The lowest BCUT2D eigenvalue weighted by atomic mass is 10.1. The Morgan fingerprint density at radius 2 is 2.28 bits per heavy atom. The summed E-state index contributed by atoms with van der Waals surface area (Å²) in [6.07, 6.45) is 0. The second-order valence-corrected chi connectivity index (χ2v) is 4.81. The quantitative estimate of drug-likeness (QED) is 0.902. The molecular formula is C12H17N3O2S. The van der Waals surface area contributed by atoms with Crippen LogP contribution in [0.3, 0.4) is 0 Å². The van der Waals surface area contributed by atoms with Crippen molar-refractivity contribution in [3.63, 3.8) is 0 Å². The van der Waals surface area contributed by atoms with Crippen LogP contribution in [-0.4, -0.2) is 16.6 Å². The van der Waals surface area contributed by atoms with Gasteiger partial charge in [0.1, 0.15) is 5.76 Å². The zero-order valence-electron chi connectivity index (χ0n) is 11.0. The molecule has 98 valence electrons. The van der Waals surface area contributed by atoms with Crippen LogP contribution in [-0.2, 0) is 6.54 Å². The van der Waals surface area contributed by atoms with Gasteiger partial charge in [0.25, 0.3) is 0 Å².